The maximum absolute atomic E-state index is 13.7. The van der Waals surface area contributed by atoms with Gasteiger partial charge in [-0.1, -0.05) is 23.7 Å². The van der Waals surface area contributed by atoms with Gasteiger partial charge in [0.15, 0.2) is 0 Å². The summed E-state index contributed by atoms with van der Waals surface area (Å²) in [6.45, 7) is -0.655. The minimum atomic E-state index is -4.67. The van der Waals surface area contributed by atoms with Gasteiger partial charge in [-0.2, -0.15) is 18.3 Å². The van der Waals surface area contributed by atoms with Crippen molar-refractivity contribution in [1.82, 2.24) is 15.1 Å². The van der Waals surface area contributed by atoms with Crippen LogP contribution in [0.1, 0.15) is 16.7 Å². The Hall–Kier alpha value is -2.86. The second-order valence-electron chi connectivity index (χ2n) is 7.68. The average Bonchev–Trinajstić information content (AvgIpc) is 3.36. The normalized spacial score (nSPS) is 17.1. The van der Waals surface area contributed by atoms with Crippen molar-refractivity contribution >= 4 is 51.0 Å². The highest BCUT2D eigenvalue weighted by molar-refractivity contribution is 8.18. The van der Waals surface area contributed by atoms with E-state index in [-0.39, 0.29) is 34.0 Å². The Morgan fingerprint density at radius 1 is 1.24 bits per heavy atom. The number of rotatable bonds is 6. The number of aliphatic hydroxyl groups excluding tert-OH is 1. The van der Waals surface area contributed by atoms with Crippen LogP contribution in [-0.4, -0.2) is 50.5 Å². The number of fused-ring (bicyclic) bond motifs is 1. The van der Waals surface area contributed by atoms with E-state index in [1.54, 1.807) is 24.4 Å². The van der Waals surface area contributed by atoms with Gasteiger partial charge in [0.1, 0.15) is 0 Å². The predicted octanol–water partition coefficient (Wildman–Crippen LogP) is 4.20. The summed E-state index contributed by atoms with van der Waals surface area (Å²) < 4.78 is 41.2. The zero-order chi connectivity index (χ0) is 24.6. The molecule has 0 saturated carbocycles. The molecule has 0 spiro atoms. The lowest BCUT2D eigenvalue weighted by molar-refractivity contribution is -0.138. The minimum Gasteiger partial charge on any atom is -0.395 e. The number of nitrogens with one attached hydrogen (secondary N) is 1. The predicted molar refractivity (Wildman–Crippen MR) is 123 cm³/mol. The number of hydrogen-bond acceptors (Lipinski definition) is 6. The molecule has 2 amide bonds. The number of carbonyl (C=O) groups is 2. The fourth-order valence-corrected chi connectivity index (χ4v) is 4.76. The van der Waals surface area contributed by atoms with Gasteiger partial charge in [0.25, 0.3) is 11.1 Å². The molecule has 4 N–H and O–H groups in total. The number of carbonyl (C=O) groups excluding carboxylic acids is 2. The molecule has 2 aromatic carbocycles. The zero-order valence-electron chi connectivity index (χ0n) is 17.4. The Morgan fingerprint density at radius 3 is 2.71 bits per heavy atom. The number of amides is 2. The van der Waals surface area contributed by atoms with E-state index >= 15 is 0 Å². The molecule has 7 nitrogen and oxygen atoms in total. The quantitative estimate of drug-likeness (QED) is 0.428. The second kappa shape index (κ2) is 9.41. The first-order valence-corrected chi connectivity index (χ1v) is 11.2. The van der Waals surface area contributed by atoms with Crippen LogP contribution in [0.25, 0.3) is 16.5 Å². The topological polar surface area (TPSA) is 112 Å². The molecule has 34 heavy (non-hydrogen) atoms. The first kappa shape index (κ1) is 24.3. The number of imide groups is 1. The van der Waals surface area contributed by atoms with Crippen LogP contribution in [0, 0.1) is 0 Å². The molecular formula is C22H18ClF3N4O3S. The van der Waals surface area contributed by atoms with Crippen LogP contribution < -0.4 is 5.73 Å². The lowest BCUT2D eigenvalue weighted by atomic mass is 9.93. The van der Waals surface area contributed by atoms with E-state index in [2.05, 4.69) is 10.2 Å². The maximum atomic E-state index is 13.7. The highest BCUT2D eigenvalue weighted by atomic mass is 35.5. The Morgan fingerprint density at radius 2 is 2.00 bits per heavy atom. The van der Waals surface area contributed by atoms with Gasteiger partial charge in [-0.05, 0) is 59.1 Å². The molecule has 178 valence electrons. The van der Waals surface area contributed by atoms with Crippen molar-refractivity contribution in [3.8, 4) is 0 Å². The van der Waals surface area contributed by atoms with Crippen molar-refractivity contribution in [3.63, 3.8) is 0 Å². The third-order valence-electron chi connectivity index (χ3n) is 5.31. The second-order valence-corrected chi connectivity index (χ2v) is 9.08. The standard InChI is InChI=1S/C22H18ClF3N4O3S/c23-14-3-1-12(17(7-14)22(24,25)26)6-16(11-2-4-18-13(5-11)8-28-29-18)19-20(32)30(21(33)34-19)9-15(27)10-31/h1-5,7-8,15,31H,6,9-10,27H2,(H,28,29)/b19-16-/t15-/m1/s1. The lowest BCUT2D eigenvalue weighted by Gasteiger charge is -2.18. The van der Waals surface area contributed by atoms with E-state index in [0.29, 0.717) is 28.2 Å². The van der Waals surface area contributed by atoms with Crippen LogP contribution in [-0.2, 0) is 17.4 Å². The summed E-state index contributed by atoms with van der Waals surface area (Å²) in [5.74, 6) is -0.677. The Labute approximate surface area is 200 Å². The number of nitrogens with two attached hydrogens (primary N) is 1. The van der Waals surface area contributed by atoms with Crippen LogP contribution in [0.2, 0.25) is 5.02 Å². The number of benzene rings is 2. The number of allylic oxidation sites excluding steroid dienone is 1. The number of H-pyrrole nitrogens is 1. The molecule has 4 rings (SSSR count). The van der Waals surface area contributed by atoms with E-state index in [4.69, 9.17) is 17.3 Å². The number of thioether (sulfide) groups is 1. The molecular weight excluding hydrogens is 493 g/mol. The fourth-order valence-electron chi connectivity index (χ4n) is 3.63. The Kier molecular flexibility index (Phi) is 6.72. The largest absolute Gasteiger partial charge is 0.416 e. The van der Waals surface area contributed by atoms with Crippen molar-refractivity contribution in [2.24, 2.45) is 5.73 Å². The molecule has 2 heterocycles. The van der Waals surface area contributed by atoms with Crippen molar-refractivity contribution < 1.29 is 27.9 Å². The summed E-state index contributed by atoms with van der Waals surface area (Å²) in [6.07, 6.45) is -3.41. The average molecular weight is 511 g/mol. The van der Waals surface area contributed by atoms with Crippen LogP contribution in [0.3, 0.4) is 0 Å². The first-order chi connectivity index (χ1) is 16.1. The van der Waals surface area contributed by atoms with Gasteiger partial charge < -0.3 is 10.8 Å². The lowest BCUT2D eigenvalue weighted by Crippen LogP contribution is -2.41. The Balaban J connectivity index is 1.86. The molecule has 0 bridgehead atoms. The van der Waals surface area contributed by atoms with Gasteiger partial charge in [-0.15, -0.1) is 0 Å². The molecule has 0 unspecified atom stereocenters. The van der Waals surface area contributed by atoms with Crippen molar-refractivity contribution in [2.75, 3.05) is 13.2 Å². The van der Waals surface area contributed by atoms with Crippen molar-refractivity contribution in [2.45, 2.75) is 18.6 Å². The van der Waals surface area contributed by atoms with E-state index in [0.717, 1.165) is 11.0 Å². The molecule has 12 heteroatoms. The SMILES string of the molecule is N[C@@H](CO)CN1C(=O)S/C(=C(/Cc2ccc(Cl)cc2C(F)(F)F)c2ccc3[nH]ncc3c2)C1=O. The molecule has 1 aliphatic heterocycles. The molecule has 1 atom stereocenters. The van der Waals surface area contributed by atoms with E-state index in [1.165, 1.54) is 12.1 Å². The summed E-state index contributed by atoms with van der Waals surface area (Å²) in [5.41, 5.74) is 6.09. The summed E-state index contributed by atoms with van der Waals surface area (Å²) in [6, 6.07) is 7.61. The van der Waals surface area contributed by atoms with Crippen LogP contribution in [0.4, 0.5) is 18.0 Å². The molecule has 1 aliphatic rings. The van der Waals surface area contributed by atoms with Gasteiger partial charge in [0.05, 0.1) is 28.8 Å². The van der Waals surface area contributed by atoms with E-state index in [9.17, 15) is 27.9 Å². The van der Waals surface area contributed by atoms with Gasteiger partial charge in [0.2, 0.25) is 0 Å². The van der Waals surface area contributed by atoms with Gasteiger partial charge in [-0.25, -0.2) is 0 Å². The summed E-state index contributed by atoms with van der Waals surface area (Å²) in [7, 11) is 0. The Bertz CT molecular complexity index is 1310. The van der Waals surface area contributed by atoms with Gasteiger partial charge >= 0.3 is 6.18 Å². The molecule has 3 aromatic rings. The van der Waals surface area contributed by atoms with Crippen molar-refractivity contribution in [1.29, 1.82) is 0 Å². The highest BCUT2D eigenvalue weighted by Gasteiger charge is 2.39. The molecule has 0 radical (unpaired) electrons. The molecule has 1 fully saturated rings. The highest BCUT2D eigenvalue weighted by Crippen LogP contribution is 2.41. The van der Waals surface area contributed by atoms with E-state index in [1.807, 2.05) is 0 Å². The minimum absolute atomic E-state index is 0.000981. The summed E-state index contributed by atoms with van der Waals surface area (Å²) >= 11 is 6.45. The third-order valence-corrected chi connectivity index (χ3v) is 6.56. The van der Waals surface area contributed by atoms with Gasteiger partial charge in [0, 0.05) is 23.0 Å². The smallest absolute Gasteiger partial charge is 0.395 e. The maximum Gasteiger partial charge on any atom is 0.416 e. The number of hydrogen-bond donors (Lipinski definition) is 3. The van der Waals surface area contributed by atoms with Crippen LogP contribution in [0.15, 0.2) is 47.5 Å². The van der Waals surface area contributed by atoms with E-state index < -0.39 is 35.5 Å². The number of aromatic nitrogens is 2. The van der Waals surface area contributed by atoms with Crippen molar-refractivity contribution in [3.05, 3.63) is 69.2 Å². The van der Waals surface area contributed by atoms with Crippen LogP contribution in [0.5, 0.6) is 0 Å². The third kappa shape index (κ3) is 4.83. The molecule has 1 aromatic heterocycles. The molecule has 1 saturated heterocycles. The van der Waals surface area contributed by atoms with Crippen LogP contribution >= 0.6 is 23.4 Å². The number of aliphatic hydroxyl groups is 1. The van der Waals surface area contributed by atoms with Gasteiger partial charge in [-0.3, -0.25) is 19.6 Å². The fraction of sp³-hybridized carbons (Fsp3) is 0.227. The number of nitrogens with zero attached hydrogens (tertiary/aromatic N) is 2. The molecule has 0 aliphatic carbocycles. The summed E-state index contributed by atoms with van der Waals surface area (Å²) in [5, 5.41) is 15.9. The monoisotopic (exact) mass is 510 g/mol. The number of alkyl halides is 3. The summed E-state index contributed by atoms with van der Waals surface area (Å²) in [4.78, 5) is 26.6. The number of aromatic amines is 1. The number of halogens is 4. The zero-order valence-corrected chi connectivity index (χ0v) is 19.0. The first-order valence-electron chi connectivity index (χ1n) is 10.0.